The van der Waals surface area contributed by atoms with E-state index >= 15 is 0 Å². The molecule has 1 aliphatic rings. The molecule has 0 bridgehead atoms. The third-order valence-electron chi connectivity index (χ3n) is 4.13. The molecule has 0 radical (unpaired) electrons. The second-order valence-corrected chi connectivity index (χ2v) is 7.25. The van der Waals surface area contributed by atoms with Crippen LogP contribution in [0.1, 0.15) is 36.1 Å². The van der Waals surface area contributed by atoms with Gasteiger partial charge in [0.1, 0.15) is 0 Å². The topological polar surface area (TPSA) is 70.6 Å². The summed E-state index contributed by atoms with van der Waals surface area (Å²) in [6.07, 6.45) is 0. The lowest BCUT2D eigenvalue weighted by atomic mass is 10.3. The largest absolute Gasteiger partial charge is 0.454 e. The number of carbonyl (C=O) groups is 1. The van der Waals surface area contributed by atoms with Crippen molar-refractivity contribution >= 4 is 27.5 Å². The van der Waals surface area contributed by atoms with Gasteiger partial charge in [0.2, 0.25) is 6.79 Å². The number of ether oxygens (including phenoxy) is 2. The van der Waals surface area contributed by atoms with Crippen LogP contribution in [0.25, 0.3) is 10.2 Å². The highest BCUT2D eigenvalue weighted by molar-refractivity contribution is 7.16. The summed E-state index contributed by atoms with van der Waals surface area (Å²) in [6.45, 7) is 6.23. The van der Waals surface area contributed by atoms with Gasteiger partial charge < -0.3 is 14.0 Å². The van der Waals surface area contributed by atoms with Gasteiger partial charge in [-0.05, 0) is 26.8 Å². The highest BCUT2D eigenvalue weighted by Gasteiger charge is 2.18. The monoisotopic (exact) mass is 358 g/mol. The summed E-state index contributed by atoms with van der Waals surface area (Å²) in [4.78, 5) is 17.4. The molecular formula is C17H18N4O3S. The molecule has 0 aliphatic carbocycles. The number of carbonyl (C=O) groups excluding carboxylic acids is 1. The summed E-state index contributed by atoms with van der Waals surface area (Å²) in [5.74, 6) is 1.09. The van der Waals surface area contributed by atoms with Gasteiger partial charge in [0.25, 0.3) is 5.91 Å². The van der Waals surface area contributed by atoms with Crippen LogP contribution in [0.5, 0.6) is 11.5 Å². The number of aryl methyl sites for hydroxylation is 2. The van der Waals surface area contributed by atoms with Crippen molar-refractivity contribution in [3.05, 3.63) is 34.4 Å². The van der Waals surface area contributed by atoms with E-state index in [1.807, 2.05) is 49.2 Å². The van der Waals surface area contributed by atoms with Crippen LogP contribution in [0, 0.1) is 6.92 Å². The Morgan fingerprint density at radius 1 is 1.28 bits per heavy atom. The number of nitrogens with zero attached hydrogens (tertiary/aromatic N) is 4. The predicted octanol–water partition coefficient (Wildman–Crippen LogP) is 2.80. The van der Waals surface area contributed by atoms with Crippen LogP contribution in [0.2, 0.25) is 0 Å². The number of thiazole rings is 1. The molecule has 2 aromatic heterocycles. The first-order valence-electron chi connectivity index (χ1n) is 7.98. The Hall–Kier alpha value is -2.61. The van der Waals surface area contributed by atoms with E-state index in [1.165, 1.54) is 11.3 Å². The second-order valence-electron chi connectivity index (χ2n) is 6.24. The molecule has 0 spiro atoms. The minimum Gasteiger partial charge on any atom is -0.454 e. The van der Waals surface area contributed by atoms with Crippen molar-refractivity contribution in [1.29, 1.82) is 0 Å². The molecule has 8 heteroatoms. The molecule has 25 heavy (non-hydrogen) atoms. The average molecular weight is 358 g/mol. The molecule has 4 rings (SSSR count). The third-order valence-corrected chi connectivity index (χ3v) is 5.23. The van der Waals surface area contributed by atoms with Crippen molar-refractivity contribution in [1.82, 2.24) is 14.3 Å². The number of hydrogen-bond donors (Lipinski definition) is 0. The Kier molecular flexibility index (Phi) is 3.64. The molecule has 130 valence electrons. The zero-order valence-corrected chi connectivity index (χ0v) is 15.3. The maximum atomic E-state index is 12.5. The molecule has 3 aromatic rings. The Bertz CT molecular complexity index is 1060. The second kappa shape index (κ2) is 5.73. The predicted molar refractivity (Wildman–Crippen MR) is 94.2 cm³/mol. The Morgan fingerprint density at radius 2 is 2.00 bits per heavy atom. The molecule has 0 N–H and O–H groups in total. The first-order valence-corrected chi connectivity index (χ1v) is 8.80. The fraction of sp³-hybridized carbons (Fsp3) is 0.353. The van der Waals surface area contributed by atoms with Crippen molar-refractivity contribution in [2.24, 2.45) is 12.0 Å². The van der Waals surface area contributed by atoms with Crippen LogP contribution < -0.4 is 14.3 Å². The van der Waals surface area contributed by atoms with Crippen LogP contribution in [0.15, 0.2) is 23.2 Å². The molecule has 3 heterocycles. The molecule has 7 nitrogen and oxygen atoms in total. The lowest BCUT2D eigenvalue weighted by Crippen LogP contribution is -2.14. The summed E-state index contributed by atoms with van der Waals surface area (Å²) in [5, 5.41) is 4.37. The minimum absolute atomic E-state index is 0.198. The van der Waals surface area contributed by atoms with E-state index in [0.29, 0.717) is 16.2 Å². The molecule has 0 saturated carbocycles. The molecule has 0 fully saturated rings. The van der Waals surface area contributed by atoms with Gasteiger partial charge in [-0.1, -0.05) is 11.3 Å². The molecule has 1 amide bonds. The fourth-order valence-corrected chi connectivity index (χ4v) is 3.91. The summed E-state index contributed by atoms with van der Waals surface area (Å²) in [5.41, 5.74) is 2.25. The van der Waals surface area contributed by atoms with Crippen molar-refractivity contribution in [3.63, 3.8) is 0 Å². The Morgan fingerprint density at radius 3 is 2.68 bits per heavy atom. The van der Waals surface area contributed by atoms with E-state index in [4.69, 9.17) is 9.47 Å². The molecular weight excluding hydrogens is 340 g/mol. The fourth-order valence-electron chi connectivity index (χ4n) is 2.88. The number of fused-ring (bicyclic) bond motifs is 2. The van der Waals surface area contributed by atoms with Crippen molar-refractivity contribution in [2.75, 3.05) is 6.79 Å². The van der Waals surface area contributed by atoms with E-state index in [0.717, 1.165) is 21.7 Å². The molecule has 1 aromatic carbocycles. The number of rotatable bonds is 2. The van der Waals surface area contributed by atoms with Crippen LogP contribution in [0.3, 0.4) is 0 Å². The number of amides is 1. The van der Waals surface area contributed by atoms with Gasteiger partial charge in [-0.25, -0.2) is 0 Å². The molecule has 0 saturated heterocycles. The summed E-state index contributed by atoms with van der Waals surface area (Å²) < 4.78 is 15.5. The van der Waals surface area contributed by atoms with E-state index in [2.05, 4.69) is 10.1 Å². The summed E-state index contributed by atoms with van der Waals surface area (Å²) >= 11 is 1.44. The van der Waals surface area contributed by atoms with Crippen LogP contribution >= 0.6 is 11.3 Å². The van der Waals surface area contributed by atoms with Crippen LogP contribution in [-0.2, 0) is 7.05 Å². The maximum absolute atomic E-state index is 12.5. The third kappa shape index (κ3) is 2.62. The van der Waals surface area contributed by atoms with Gasteiger partial charge >= 0.3 is 0 Å². The van der Waals surface area contributed by atoms with Crippen LogP contribution in [0.4, 0.5) is 0 Å². The molecule has 0 atom stereocenters. The van der Waals surface area contributed by atoms with Gasteiger partial charge in [0.05, 0.1) is 10.2 Å². The van der Waals surface area contributed by atoms with E-state index in [-0.39, 0.29) is 18.7 Å². The van der Waals surface area contributed by atoms with Gasteiger partial charge in [-0.3, -0.25) is 9.48 Å². The maximum Gasteiger partial charge on any atom is 0.300 e. The number of hydrogen-bond acceptors (Lipinski definition) is 5. The lowest BCUT2D eigenvalue weighted by Gasteiger charge is -2.06. The number of benzene rings is 1. The van der Waals surface area contributed by atoms with E-state index < -0.39 is 0 Å². The zero-order chi connectivity index (χ0) is 17.7. The highest BCUT2D eigenvalue weighted by Crippen LogP contribution is 2.36. The Balaban J connectivity index is 1.77. The summed E-state index contributed by atoms with van der Waals surface area (Å²) in [7, 11) is 1.88. The standard InChI is InChI=1S/C17H18N4O3S/c1-9(2)21-10(3)5-11(19-21)16(22)18-17-20(4)12-6-13-14(24-8-23-13)7-15(12)25-17/h5-7,9H,8H2,1-4H3. The van der Waals surface area contributed by atoms with Gasteiger partial charge in [-0.2, -0.15) is 10.1 Å². The van der Waals surface area contributed by atoms with E-state index in [1.54, 1.807) is 6.07 Å². The van der Waals surface area contributed by atoms with Crippen LogP contribution in [-0.4, -0.2) is 27.0 Å². The quantitative estimate of drug-likeness (QED) is 0.706. The Labute approximate surface area is 148 Å². The van der Waals surface area contributed by atoms with Gasteiger partial charge in [0.15, 0.2) is 22.0 Å². The number of aromatic nitrogens is 3. The SMILES string of the molecule is Cc1cc(C(=O)N=c2sc3cc4c(cc3n2C)OCO4)nn1C(C)C. The summed E-state index contributed by atoms with van der Waals surface area (Å²) in [6, 6.07) is 5.80. The van der Waals surface area contributed by atoms with Gasteiger partial charge in [-0.15, -0.1) is 0 Å². The van der Waals surface area contributed by atoms with Gasteiger partial charge in [0, 0.05) is 30.9 Å². The zero-order valence-electron chi connectivity index (χ0n) is 14.4. The normalized spacial score (nSPS) is 14.0. The highest BCUT2D eigenvalue weighted by atomic mass is 32.1. The average Bonchev–Trinajstić information content (AvgIpc) is 3.24. The van der Waals surface area contributed by atoms with E-state index in [9.17, 15) is 4.79 Å². The van der Waals surface area contributed by atoms with Crippen molar-refractivity contribution in [3.8, 4) is 11.5 Å². The minimum atomic E-state index is -0.343. The molecule has 0 unspecified atom stereocenters. The van der Waals surface area contributed by atoms with Crippen molar-refractivity contribution < 1.29 is 14.3 Å². The first kappa shape index (κ1) is 15.9. The smallest absolute Gasteiger partial charge is 0.300 e. The lowest BCUT2D eigenvalue weighted by molar-refractivity contribution is 0.0992. The molecule has 1 aliphatic heterocycles. The first-order chi connectivity index (χ1) is 11.9. The van der Waals surface area contributed by atoms with Crippen molar-refractivity contribution in [2.45, 2.75) is 26.8 Å².